The lowest BCUT2D eigenvalue weighted by Gasteiger charge is -2.31. The van der Waals surface area contributed by atoms with Crippen LogP contribution in [-0.2, 0) is 4.79 Å². The highest BCUT2D eigenvalue weighted by Crippen LogP contribution is 2.30. The normalized spacial score (nSPS) is 14.9. The van der Waals surface area contributed by atoms with Gasteiger partial charge in [-0.25, -0.2) is 0 Å². The van der Waals surface area contributed by atoms with E-state index >= 15 is 0 Å². The summed E-state index contributed by atoms with van der Waals surface area (Å²) in [7, 11) is 1.89. The Hall–Kier alpha value is -0.910. The number of aryl methyl sites for hydroxylation is 1. The Morgan fingerprint density at radius 3 is 2.65 bits per heavy atom. The van der Waals surface area contributed by atoms with Crippen LogP contribution in [0.3, 0.4) is 0 Å². The molecule has 0 bridgehead atoms. The first-order valence-electron chi connectivity index (χ1n) is 5.75. The molecule has 5 heteroatoms. The highest BCUT2D eigenvalue weighted by molar-refractivity contribution is 7.10. The van der Waals surface area contributed by atoms with Gasteiger partial charge in [0.1, 0.15) is 0 Å². The van der Waals surface area contributed by atoms with Crippen molar-refractivity contribution >= 4 is 17.2 Å². The summed E-state index contributed by atoms with van der Waals surface area (Å²) in [6.07, 6.45) is 0.866. The molecule has 1 rings (SSSR count). The van der Waals surface area contributed by atoms with Crippen LogP contribution in [0.25, 0.3) is 0 Å². The van der Waals surface area contributed by atoms with Crippen LogP contribution >= 0.6 is 11.3 Å². The topological polar surface area (TPSA) is 72.3 Å². The summed E-state index contributed by atoms with van der Waals surface area (Å²) in [6.45, 7) is 4.35. The van der Waals surface area contributed by atoms with Crippen molar-refractivity contribution in [2.75, 3.05) is 13.6 Å². The van der Waals surface area contributed by atoms with Gasteiger partial charge in [-0.05, 0) is 37.4 Å². The van der Waals surface area contributed by atoms with E-state index in [2.05, 4.69) is 25.3 Å². The number of amides is 1. The molecule has 1 amide bonds. The van der Waals surface area contributed by atoms with E-state index in [1.54, 1.807) is 11.3 Å². The zero-order valence-corrected chi connectivity index (χ0v) is 11.5. The van der Waals surface area contributed by atoms with Crippen LogP contribution in [0.2, 0.25) is 0 Å². The number of nitrogens with two attached hydrogens (primary N) is 2. The molecule has 0 saturated heterocycles. The van der Waals surface area contributed by atoms with Gasteiger partial charge in [-0.1, -0.05) is 6.92 Å². The van der Waals surface area contributed by atoms with Gasteiger partial charge in [-0.15, -0.1) is 11.3 Å². The zero-order valence-electron chi connectivity index (χ0n) is 10.6. The zero-order chi connectivity index (χ0) is 13.0. The van der Waals surface area contributed by atoms with Gasteiger partial charge in [0.15, 0.2) is 0 Å². The Morgan fingerprint density at radius 2 is 2.24 bits per heavy atom. The average Bonchev–Trinajstić information content (AvgIpc) is 2.64. The monoisotopic (exact) mass is 255 g/mol. The molecule has 2 unspecified atom stereocenters. The third kappa shape index (κ3) is 3.52. The summed E-state index contributed by atoms with van der Waals surface area (Å²) < 4.78 is 0. The van der Waals surface area contributed by atoms with Crippen molar-refractivity contribution in [2.24, 2.45) is 11.5 Å². The number of nitrogens with zero attached hydrogens (tertiary/aromatic N) is 1. The van der Waals surface area contributed by atoms with E-state index in [0.29, 0.717) is 0 Å². The van der Waals surface area contributed by atoms with Crippen molar-refractivity contribution in [2.45, 2.75) is 32.4 Å². The molecular formula is C12H21N3OS. The number of rotatable bonds is 6. The number of carbonyl (C=O) groups excluding carboxylic acids is 1. The lowest BCUT2D eigenvalue weighted by molar-refractivity contribution is -0.119. The fourth-order valence-corrected chi connectivity index (χ4v) is 3.14. The quantitative estimate of drug-likeness (QED) is 0.803. The lowest BCUT2D eigenvalue weighted by Crippen LogP contribution is -2.42. The van der Waals surface area contributed by atoms with Gasteiger partial charge in [0.25, 0.3) is 0 Å². The molecule has 1 aromatic rings. The third-order valence-corrected chi connectivity index (χ3v) is 4.02. The Morgan fingerprint density at radius 1 is 1.59 bits per heavy atom. The molecular weight excluding hydrogens is 234 g/mol. The van der Waals surface area contributed by atoms with Gasteiger partial charge in [0.2, 0.25) is 5.91 Å². The summed E-state index contributed by atoms with van der Waals surface area (Å²) in [5, 5.41) is 2.05. The number of hydrogen-bond acceptors (Lipinski definition) is 4. The van der Waals surface area contributed by atoms with E-state index in [4.69, 9.17) is 11.5 Å². The molecule has 1 aromatic heterocycles. The van der Waals surface area contributed by atoms with Gasteiger partial charge in [-0.3, -0.25) is 9.69 Å². The second-order valence-corrected chi connectivity index (χ2v) is 5.31. The van der Waals surface area contributed by atoms with Crippen LogP contribution in [0.1, 0.15) is 29.8 Å². The molecule has 0 spiro atoms. The molecule has 2 atom stereocenters. The lowest BCUT2D eigenvalue weighted by atomic mass is 10.0. The molecule has 4 nitrogen and oxygen atoms in total. The van der Waals surface area contributed by atoms with Gasteiger partial charge < -0.3 is 11.5 Å². The second-order valence-electron chi connectivity index (χ2n) is 4.37. The summed E-state index contributed by atoms with van der Waals surface area (Å²) in [4.78, 5) is 14.2. The smallest absolute Gasteiger partial charge is 0.231 e. The summed E-state index contributed by atoms with van der Waals surface area (Å²) in [5.41, 5.74) is 12.6. The molecule has 17 heavy (non-hydrogen) atoms. The number of likely N-dealkylation sites (N-methyl/N-ethyl adjacent to an activating group) is 1. The molecule has 0 fully saturated rings. The van der Waals surface area contributed by atoms with Gasteiger partial charge >= 0.3 is 0 Å². The molecule has 96 valence electrons. The second kappa shape index (κ2) is 6.14. The van der Waals surface area contributed by atoms with Crippen molar-refractivity contribution in [3.05, 3.63) is 21.9 Å². The summed E-state index contributed by atoms with van der Waals surface area (Å²) in [5.74, 6) is -0.324. The molecule has 0 radical (unpaired) electrons. The number of thiophene rings is 1. The van der Waals surface area contributed by atoms with Crippen molar-refractivity contribution in [3.8, 4) is 0 Å². The van der Waals surface area contributed by atoms with Crippen molar-refractivity contribution in [1.82, 2.24) is 4.90 Å². The molecule has 0 aliphatic rings. The van der Waals surface area contributed by atoms with Gasteiger partial charge in [0.05, 0.1) is 12.6 Å². The standard InChI is InChI=1S/C12H21N3OS/c1-4-9(13)11(15(3)7-10(14)16)12-8(2)5-6-17-12/h5-6,9,11H,4,7,13H2,1-3H3,(H2,14,16). The van der Waals surface area contributed by atoms with Crippen molar-refractivity contribution in [1.29, 1.82) is 0 Å². The maximum absolute atomic E-state index is 11.0. The van der Waals surface area contributed by atoms with E-state index < -0.39 is 0 Å². The maximum Gasteiger partial charge on any atom is 0.231 e. The Labute approximate surface area is 107 Å². The number of primary amides is 1. The SMILES string of the molecule is CCC(N)C(c1sccc1C)N(C)CC(N)=O. The first-order chi connectivity index (χ1) is 7.97. The van der Waals surface area contributed by atoms with E-state index in [9.17, 15) is 4.79 Å². The molecule has 4 N–H and O–H groups in total. The maximum atomic E-state index is 11.0. The van der Waals surface area contributed by atoms with E-state index in [1.807, 2.05) is 11.9 Å². The fraction of sp³-hybridized carbons (Fsp3) is 0.583. The molecule has 0 saturated carbocycles. The Bertz CT molecular complexity index is 378. The molecule has 1 heterocycles. The van der Waals surface area contributed by atoms with Crippen molar-refractivity contribution < 1.29 is 4.79 Å². The number of hydrogen-bond donors (Lipinski definition) is 2. The summed E-state index contributed by atoms with van der Waals surface area (Å²) >= 11 is 1.68. The van der Waals surface area contributed by atoms with E-state index in [1.165, 1.54) is 10.4 Å². The highest BCUT2D eigenvalue weighted by Gasteiger charge is 2.26. The molecule has 0 aromatic carbocycles. The predicted molar refractivity (Wildman–Crippen MR) is 71.9 cm³/mol. The predicted octanol–water partition coefficient (Wildman–Crippen LogP) is 1.25. The Kier molecular flexibility index (Phi) is 5.11. The first-order valence-corrected chi connectivity index (χ1v) is 6.63. The Balaban J connectivity index is 2.96. The van der Waals surface area contributed by atoms with Crippen LogP contribution in [0.15, 0.2) is 11.4 Å². The van der Waals surface area contributed by atoms with E-state index in [0.717, 1.165) is 6.42 Å². The van der Waals surface area contributed by atoms with Crippen LogP contribution in [-0.4, -0.2) is 30.4 Å². The van der Waals surface area contributed by atoms with Gasteiger partial charge in [-0.2, -0.15) is 0 Å². The minimum Gasteiger partial charge on any atom is -0.369 e. The minimum atomic E-state index is -0.324. The number of carbonyl (C=O) groups is 1. The van der Waals surface area contributed by atoms with Gasteiger partial charge in [0, 0.05) is 10.9 Å². The van der Waals surface area contributed by atoms with Crippen LogP contribution in [0.4, 0.5) is 0 Å². The highest BCUT2D eigenvalue weighted by atomic mass is 32.1. The fourth-order valence-electron chi connectivity index (χ4n) is 1.98. The van der Waals surface area contributed by atoms with Crippen LogP contribution in [0.5, 0.6) is 0 Å². The van der Waals surface area contributed by atoms with Crippen LogP contribution < -0.4 is 11.5 Å². The molecule has 0 aliphatic heterocycles. The van der Waals surface area contributed by atoms with E-state index in [-0.39, 0.29) is 24.5 Å². The first kappa shape index (κ1) is 14.2. The minimum absolute atomic E-state index is 0.0108. The largest absolute Gasteiger partial charge is 0.369 e. The van der Waals surface area contributed by atoms with Crippen molar-refractivity contribution in [3.63, 3.8) is 0 Å². The summed E-state index contributed by atoms with van der Waals surface area (Å²) in [6, 6.07) is 2.15. The molecule has 0 aliphatic carbocycles. The third-order valence-electron chi connectivity index (χ3n) is 2.93. The van der Waals surface area contributed by atoms with Crippen LogP contribution in [0, 0.1) is 6.92 Å². The average molecular weight is 255 g/mol.